The summed E-state index contributed by atoms with van der Waals surface area (Å²) < 4.78 is 6.17. The molecular weight excluding hydrogens is 246 g/mol. The molecule has 20 heavy (non-hydrogen) atoms. The van der Waals surface area contributed by atoms with Crippen LogP contribution in [0.1, 0.15) is 64.0 Å². The number of rotatable bonds is 9. The SMILES string of the molecule is CCCNCCCC(C)Oc1cc(C)ccc1C(C)C. The third kappa shape index (κ3) is 5.96. The van der Waals surface area contributed by atoms with Crippen molar-refractivity contribution in [3.8, 4) is 5.75 Å². The molecular formula is C18H31NO. The van der Waals surface area contributed by atoms with Crippen LogP contribution in [0.15, 0.2) is 18.2 Å². The van der Waals surface area contributed by atoms with E-state index < -0.39 is 0 Å². The van der Waals surface area contributed by atoms with Gasteiger partial charge in [-0.15, -0.1) is 0 Å². The molecule has 0 aliphatic carbocycles. The van der Waals surface area contributed by atoms with Gasteiger partial charge in [-0.05, 0) is 69.3 Å². The summed E-state index contributed by atoms with van der Waals surface area (Å²) >= 11 is 0. The Kier molecular flexibility index (Phi) is 7.68. The van der Waals surface area contributed by atoms with Crippen LogP contribution in [0.5, 0.6) is 5.75 Å². The molecule has 114 valence electrons. The Morgan fingerprint density at radius 3 is 2.55 bits per heavy atom. The Labute approximate surface area is 124 Å². The van der Waals surface area contributed by atoms with E-state index in [2.05, 4.69) is 58.1 Å². The van der Waals surface area contributed by atoms with Crippen LogP contribution in [0.4, 0.5) is 0 Å². The summed E-state index contributed by atoms with van der Waals surface area (Å²) in [6.07, 6.45) is 3.75. The highest BCUT2D eigenvalue weighted by atomic mass is 16.5. The average molecular weight is 277 g/mol. The fourth-order valence-corrected chi connectivity index (χ4v) is 2.31. The van der Waals surface area contributed by atoms with Crippen LogP contribution in [0.3, 0.4) is 0 Å². The van der Waals surface area contributed by atoms with Crippen LogP contribution < -0.4 is 10.1 Å². The number of aryl methyl sites for hydroxylation is 1. The molecule has 0 saturated heterocycles. The summed E-state index contributed by atoms with van der Waals surface area (Å²) in [5, 5.41) is 3.44. The van der Waals surface area contributed by atoms with Gasteiger partial charge in [0.25, 0.3) is 0 Å². The highest BCUT2D eigenvalue weighted by molar-refractivity contribution is 5.39. The van der Waals surface area contributed by atoms with Crippen LogP contribution in [0.25, 0.3) is 0 Å². The monoisotopic (exact) mass is 277 g/mol. The first kappa shape index (κ1) is 17.0. The third-order valence-electron chi connectivity index (χ3n) is 3.51. The second-order valence-electron chi connectivity index (χ2n) is 6.02. The zero-order valence-electron chi connectivity index (χ0n) is 13.8. The molecule has 0 fully saturated rings. The molecule has 0 spiro atoms. The number of hydrogen-bond donors (Lipinski definition) is 1. The molecule has 2 heteroatoms. The molecule has 0 heterocycles. The minimum Gasteiger partial charge on any atom is -0.490 e. The number of ether oxygens (including phenoxy) is 1. The van der Waals surface area contributed by atoms with Crippen molar-refractivity contribution in [2.75, 3.05) is 13.1 Å². The van der Waals surface area contributed by atoms with Gasteiger partial charge in [0.1, 0.15) is 5.75 Å². The lowest BCUT2D eigenvalue weighted by atomic mass is 10.0. The van der Waals surface area contributed by atoms with Crippen molar-refractivity contribution in [2.24, 2.45) is 0 Å². The van der Waals surface area contributed by atoms with Crippen molar-refractivity contribution >= 4 is 0 Å². The van der Waals surface area contributed by atoms with Gasteiger partial charge >= 0.3 is 0 Å². The lowest BCUT2D eigenvalue weighted by Crippen LogP contribution is -2.19. The van der Waals surface area contributed by atoms with Gasteiger partial charge in [0.05, 0.1) is 6.10 Å². The summed E-state index contributed by atoms with van der Waals surface area (Å²) in [6, 6.07) is 6.54. The molecule has 0 radical (unpaired) electrons. The smallest absolute Gasteiger partial charge is 0.123 e. The molecule has 1 atom stereocenters. The first-order valence-electron chi connectivity index (χ1n) is 8.02. The highest BCUT2D eigenvalue weighted by Gasteiger charge is 2.11. The molecule has 0 bridgehead atoms. The normalized spacial score (nSPS) is 12.7. The quantitative estimate of drug-likeness (QED) is 0.663. The van der Waals surface area contributed by atoms with Crippen LogP contribution >= 0.6 is 0 Å². The lowest BCUT2D eigenvalue weighted by Gasteiger charge is -2.19. The van der Waals surface area contributed by atoms with Crippen molar-refractivity contribution in [3.05, 3.63) is 29.3 Å². The molecule has 1 aromatic carbocycles. The largest absolute Gasteiger partial charge is 0.490 e. The topological polar surface area (TPSA) is 21.3 Å². The average Bonchev–Trinajstić information content (AvgIpc) is 2.38. The molecule has 0 aliphatic rings. The van der Waals surface area contributed by atoms with Crippen LogP contribution in [-0.4, -0.2) is 19.2 Å². The maximum atomic E-state index is 6.17. The summed E-state index contributed by atoms with van der Waals surface area (Å²) in [5.41, 5.74) is 2.58. The molecule has 1 aromatic rings. The van der Waals surface area contributed by atoms with Gasteiger partial charge in [0, 0.05) is 0 Å². The minimum atomic E-state index is 0.276. The second kappa shape index (κ2) is 9.02. The van der Waals surface area contributed by atoms with Crippen molar-refractivity contribution in [1.29, 1.82) is 0 Å². The number of nitrogens with one attached hydrogen (secondary N) is 1. The van der Waals surface area contributed by atoms with Crippen LogP contribution in [0, 0.1) is 6.92 Å². The van der Waals surface area contributed by atoms with Crippen molar-refractivity contribution in [1.82, 2.24) is 5.32 Å². The minimum absolute atomic E-state index is 0.276. The summed E-state index contributed by atoms with van der Waals surface area (Å²) in [6.45, 7) is 13.1. The van der Waals surface area contributed by atoms with Crippen molar-refractivity contribution in [2.45, 2.75) is 65.9 Å². The maximum absolute atomic E-state index is 6.17. The molecule has 0 saturated carbocycles. The predicted molar refractivity (Wildman–Crippen MR) is 87.8 cm³/mol. The second-order valence-corrected chi connectivity index (χ2v) is 6.02. The van der Waals surface area contributed by atoms with E-state index in [0.29, 0.717) is 5.92 Å². The van der Waals surface area contributed by atoms with Gasteiger partial charge in [-0.25, -0.2) is 0 Å². The van der Waals surface area contributed by atoms with E-state index in [0.717, 1.165) is 25.3 Å². The van der Waals surface area contributed by atoms with E-state index in [1.807, 2.05) is 0 Å². The van der Waals surface area contributed by atoms with Gasteiger partial charge in [-0.1, -0.05) is 32.9 Å². The van der Waals surface area contributed by atoms with E-state index in [9.17, 15) is 0 Å². The Morgan fingerprint density at radius 2 is 1.90 bits per heavy atom. The Balaban J connectivity index is 2.48. The molecule has 0 aliphatic heterocycles. The van der Waals surface area contributed by atoms with Crippen LogP contribution in [0.2, 0.25) is 0 Å². The number of hydrogen-bond acceptors (Lipinski definition) is 2. The zero-order valence-corrected chi connectivity index (χ0v) is 13.8. The van der Waals surface area contributed by atoms with Gasteiger partial charge in [0.15, 0.2) is 0 Å². The van der Waals surface area contributed by atoms with Gasteiger partial charge in [-0.2, -0.15) is 0 Å². The standard InChI is InChI=1S/C18H31NO/c1-6-11-19-12-7-8-16(5)20-18-13-15(4)9-10-17(18)14(2)3/h9-10,13-14,16,19H,6-8,11-12H2,1-5H3. The van der Waals surface area contributed by atoms with E-state index >= 15 is 0 Å². The first-order chi connectivity index (χ1) is 9.54. The molecule has 0 aromatic heterocycles. The fourth-order valence-electron chi connectivity index (χ4n) is 2.31. The Morgan fingerprint density at radius 1 is 1.15 bits per heavy atom. The molecule has 1 unspecified atom stereocenters. The maximum Gasteiger partial charge on any atom is 0.123 e. The summed E-state index contributed by atoms with van der Waals surface area (Å²) in [5.74, 6) is 1.57. The molecule has 1 rings (SSSR count). The summed E-state index contributed by atoms with van der Waals surface area (Å²) in [7, 11) is 0. The van der Waals surface area contributed by atoms with E-state index in [4.69, 9.17) is 4.74 Å². The van der Waals surface area contributed by atoms with Crippen molar-refractivity contribution in [3.63, 3.8) is 0 Å². The first-order valence-corrected chi connectivity index (χ1v) is 8.02. The summed E-state index contributed by atoms with van der Waals surface area (Å²) in [4.78, 5) is 0. The van der Waals surface area contributed by atoms with Gasteiger partial charge in [-0.3, -0.25) is 0 Å². The molecule has 1 N–H and O–H groups in total. The zero-order chi connectivity index (χ0) is 15.0. The lowest BCUT2D eigenvalue weighted by molar-refractivity contribution is 0.205. The van der Waals surface area contributed by atoms with E-state index in [-0.39, 0.29) is 6.10 Å². The highest BCUT2D eigenvalue weighted by Crippen LogP contribution is 2.28. The number of benzene rings is 1. The van der Waals surface area contributed by atoms with E-state index in [1.54, 1.807) is 0 Å². The predicted octanol–water partition coefficient (Wildman–Crippen LogP) is 4.67. The van der Waals surface area contributed by atoms with E-state index in [1.165, 1.54) is 24.0 Å². The third-order valence-corrected chi connectivity index (χ3v) is 3.51. The van der Waals surface area contributed by atoms with Gasteiger partial charge in [0.2, 0.25) is 0 Å². The molecule has 2 nitrogen and oxygen atoms in total. The van der Waals surface area contributed by atoms with Gasteiger partial charge < -0.3 is 10.1 Å². The van der Waals surface area contributed by atoms with Crippen LogP contribution in [-0.2, 0) is 0 Å². The molecule has 0 amide bonds. The van der Waals surface area contributed by atoms with Crippen molar-refractivity contribution < 1.29 is 4.74 Å². The fraction of sp³-hybridized carbons (Fsp3) is 0.667. The Hall–Kier alpha value is -1.02. The Bertz CT molecular complexity index is 387.